The zero-order valence-electron chi connectivity index (χ0n) is 16.5. The number of aliphatic hydroxyl groups excluding tert-OH is 3. The van der Waals surface area contributed by atoms with Crippen molar-refractivity contribution in [2.45, 2.75) is 6.17 Å². The van der Waals surface area contributed by atoms with E-state index in [0.717, 1.165) is 9.80 Å². The maximum atomic E-state index is 11.3. The fourth-order valence-corrected chi connectivity index (χ4v) is 3.43. The van der Waals surface area contributed by atoms with Crippen LogP contribution in [0.15, 0.2) is 0 Å². The third-order valence-electron chi connectivity index (χ3n) is 4.51. The molecule has 0 fully saturated rings. The summed E-state index contributed by atoms with van der Waals surface area (Å²) < 4.78 is -0.375. The second-order valence-corrected chi connectivity index (χ2v) is 6.69. The van der Waals surface area contributed by atoms with Gasteiger partial charge in [-0.3, -0.25) is 24.1 Å². The summed E-state index contributed by atoms with van der Waals surface area (Å²) in [6, 6.07) is 0. The van der Waals surface area contributed by atoms with Gasteiger partial charge in [0.15, 0.2) is 6.17 Å². The van der Waals surface area contributed by atoms with Gasteiger partial charge in [0.25, 0.3) is 0 Å². The molecule has 0 bridgehead atoms. The van der Waals surface area contributed by atoms with E-state index in [1.54, 1.807) is 0 Å². The number of quaternary nitrogens is 1. The van der Waals surface area contributed by atoms with Gasteiger partial charge in [-0.15, -0.1) is 0 Å². The minimum Gasteiger partial charge on any atom is -0.480 e. The largest absolute Gasteiger partial charge is 0.480 e. The van der Waals surface area contributed by atoms with Crippen molar-refractivity contribution in [2.24, 2.45) is 0 Å². The third-order valence-corrected chi connectivity index (χ3v) is 4.51. The smallest absolute Gasteiger partial charge is 0.317 e. The van der Waals surface area contributed by atoms with Gasteiger partial charge >= 0.3 is 23.9 Å². The number of nitrogens with zero attached hydrogens (tertiary/aromatic N) is 3. The van der Waals surface area contributed by atoms with Gasteiger partial charge in [-0.05, 0) is 0 Å². The molecule has 30 heavy (non-hydrogen) atoms. The highest BCUT2D eigenvalue weighted by Crippen LogP contribution is 2.19. The van der Waals surface area contributed by atoms with E-state index in [1.165, 1.54) is 0 Å². The molecule has 0 radical (unpaired) electrons. The first kappa shape index (κ1) is 27.6. The van der Waals surface area contributed by atoms with Gasteiger partial charge in [-0.25, -0.2) is 4.90 Å². The van der Waals surface area contributed by atoms with Crippen molar-refractivity contribution < 1.29 is 59.4 Å². The van der Waals surface area contributed by atoms with Crippen LogP contribution in [0.3, 0.4) is 0 Å². The molecule has 174 valence electrons. The Balaban J connectivity index is 6.38. The molecule has 14 heteroatoms. The molecule has 0 saturated heterocycles. The summed E-state index contributed by atoms with van der Waals surface area (Å²) in [7, 11) is 0. The highest BCUT2D eigenvalue weighted by Gasteiger charge is 2.42. The lowest BCUT2D eigenvalue weighted by Crippen LogP contribution is -2.69. The average molecular weight is 440 g/mol. The van der Waals surface area contributed by atoms with E-state index >= 15 is 0 Å². The van der Waals surface area contributed by atoms with E-state index in [4.69, 9.17) is 10.2 Å². The second-order valence-electron chi connectivity index (χ2n) is 6.69. The van der Waals surface area contributed by atoms with Crippen LogP contribution in [0.5, 0.6) is 0 Å². The topological polar surface area (TPSA) is 216 Å². The Hall–Kier alpha value is -2.36. The standard InChI is InChI=1S/C16H29N3O11/c20-4-1-19(2-5-21,3-6-22)12(18(10-15(27)28)11-16(29)30)7-17(8-13(23)24)9-14(25)26/h12,20-22H,1-11H2,(H3-,23,24,25,26,27,28,29,30)/p+1. The minimum absolute atomic E-state index is 0.129. The lowest BCUT2D eigenvalue weighted by atomic mass is 10.2. The number of carbonyl (C=O) groups is 4. The van der Waals surface area contributed by atoms with E-state index < -0.39 is 82.6 Å². The van der Waals surface area contributed by atoms with Crippen LogP contribution in [0.25, 0.3) is 0 Å². The zero-order valence-corrected chi connectivity index (χ0v) is 16.5. The van der Waals surface area contributed by atoms with E-state index in [-0.39, 0.29) is 24.1 Å². The van der Waals surface area contributed by atoms with Crippen molar-refractivity contribution in [3.05, 3.63) is 0 Å². The molecule has 0 aliphatic heterocycles. The van der Waals surface area contributed by atoms with Crippen LogP contribution in [0.4, 0.5) is 0 Å². The Labute approximate surface area is 172 Å². The monoisotopic (exact) mass is 440 g/mol. The Bertz CT molecular complexity index is 538. The molecule has 0 aromatic rings. The van der Waals surface area contributed by atoms with E-state index in [9.17, 15) is 44.7 Å². The molecule has 0 heterocycles. The van der Waals surface area contributed by atoms with E-state index in [1.807, 2.05) is 0 Å². The number of aliphatic carboxylic acids is 4. The molecule has 0 aromatic heterocycles. The first-order chi connectivity index (χ1) is 14.0. The van der Waals surface area contributed by atoms with Gasteiger partial charge in [0.2, 0.25) is 0 Å². The van der Waals surface area contributed by atoms with Gasteiger partial charge < -0.3 is 40.2 Å². The number of rotatable bonds is 18. The van der Waals surface area contributed by atoms with Gasteiger partial charge in [0.05, 0.1) is 39.5 Å². The summed E-state index contributed by atoms with van der Waals surface area (Å²) in [5, 5.41) is 65.3. The normalized spacial score (nSPS) is 12.8. The van der Waals surface area contributed by atoms with Gasteiger partial charge in [-0.2, -0.15) is 0 Å². The fraction of sp³-hybridized carbons (Fsp3) is 0.750. The van der Waals surface area contributed by atoms with Crippen molar-refractivity contribution in [3.63, 3.8) is 0 Å². The molecule has 0 spiro atoms. The van der Waals surface area contributed by atoms with Crippen LogP contribution >= 0.6 is 0 Å². The zero-order chi connectivity index (χ0) is 23.3. The predicted octanol–water partition coefficient (Wildman–Crippen LogP) is -3.95. The number of carboxylic acid groups (broad SMARTS) is 4. The highest BCUT2D eigenvalue weighted by atomic mass is 16.4. The number of aliphatic hydroxyl groups is 3. The van der Waals surface area contributed by atoms with Crippen LogP contribution in [0.2, 0.25) is 0 Å². The number of hydrogen-bond acceptors (Lipinski definition) is 9. The first-order valence-electron chi connectivity index (χ1n) is 9.03. The number of hydrogen-bond donors (Lipinski definition) is 7. The number of carboxylic acids is 4. The predicted molar refractivity (Wildman–Crippen MR) is 98.5 cm³/mol. The highest BCUT2D eigenvalue weighted by molar-refractivity contribution is 5.73. The molecule has 0 amide bonds. The summed E-state index contributed by atoms with van der Waals surface area (Å²) in [4.78, 5) is 47.0. The summed E-state index contributed by atoms with van der Waals surface area (Å²) >= 11 is 0. The molecule has 0 aliphatic carbocycles. The average Bonchev–Trinajstić information content (AvgIpc) is 2.57. The van der Waals surface area contributed by atoms with Crippen LogP contribution in [0, 0.1) is 0 Å². The van der Waals surface area contributed by atoms with Gasteiger partial charge in [0.1, 0.15) is 32.7 Å². The quantitative estimate of drug-likeness (QED) is 0.0801. The van der Waals surface area contributed by atoms with Gasteiger partial charge in [-0.1, -0.05) is 0 Å². The van der Waals surface area contributed by atoms with Crippen LogP contribution < -0.4 is 0 Å². The lowest BCUT2D eigenvalue weighted by molar-refractivity contribution is -0.962. The van der Waals surface area contributed by atoms with Crippen LogP contribution in [-0.4, -0.2) is 152 Å². The van der Waals surface area contributed by atoms with E-state index in [0.29, 0.717) is 0 Å². The SMILES string of the molecule is O=C(O)CN(CC(=O)O)CC(N(CC(=O)O)CC(=O)O)[N+](CCO)(CCO)CCO. The van der Waals surface area contributed by atoms with Crippen LogP contribution in [-0.2, 0) is 19.2 Å². The molecule has 0 aromatic carbocycles. The summed E-state index contributed by atoms with van der Waals surface area (Å²) in [5.74, 6) is -5.50. The summed E-state index contributed by atoms with van der Waals surface area (Å²) in [6.45, 7) is -5.23. The third kappa shape index (κ3) is 9.91. The van der Waals surface area contributed by atoms with Crippen molar-refractivity contribution in [2.75, 3.05) is 72.2 Å². The molecule has 0 aliphatic rings. The van der Waals surface area contributed by atoms with Crippen LogP contribution in [0.1, 0.15) is 0 Å². The Morgan fingerprint density at radius 3 is 1.23 bits per heavy atom. The Morgan fingerprint density at radius 1 is 0.633 bits per heavy atom. The maximum Gasteiger partial charge on any atom is 0.317 e. The molecule has 1 atom stereocenters. The molecule has 0 saturated carbocycles. The van der Waals surface area contributed by atoms with Crippen molar-refractivity contribution in [1.29, 1.82) is 0 Å². The Kier molecular flexibility index (Phi) is 12.7. The molecular weight excluding hydrogens is 410 g/mol. The van der Waals surface area contributed by atoms with Crippen molar-refractivity contribution in [3.8, 4) is 0 Å². The first-order valence-corrected chi connectivity index (χ1v) is 9.03. The Morgan fingerprint density at radius 2 is 0.967 bits per heavy atom. The molecule has 7 N–H and O–H groups in total. The fourth-order valence-electron chi connectivity index (χ4n) is 3.43. The molecular formula is C16H30N3O11+. The molecule has 14 nitrogen and oxygen atoms in total. The summed E-state index contributed by atoms with van der Waals surface area (Å²) in [6.07, 6.45) is -1.16. The van der Waals surface area contributed by atoms with E-state index in [2.05, 4.69) is 0 Å². The molecule has 0 rings (SSSR count). The van der Waals surface area contributed by atoms with Crippen molar-refractivity contribution >= 4 is 23.9 Å². The second kappa shape index (κ2) is 13.8. The maximum absolute atomic E-state index is 11.3. The molecule has 1 unspecified atom stereocenters. The minimum atomic E-state index is -1.39. The van der Waals surface area contributed by atoms with Gasteiger partial charge in [0, 0.05) is 0 Å². The lowest BCUT2D eigenvalue weighted by Gasteiger charge is -2.48. The van der Waals surface area contributed by atoms with Crippen molar-refractivity contribution in [1.82, 2.24) is 9.80 Å². The summed E-state index contributed by atoms with van der Waals surface area (Å²) in [5.41, 5.74) is 0.